The van der Waals surface area contributed by atoms with Crippen LogP contribution >= 0.6 is 11.6 Å². The van der Waals surface area contributed by atoms with Gasteiger partial charge in [-0.1, -0.05) is 29.8 Å². The average Bonchev–Trinajstić information content (AvgIpc) is 2.12. The molecule has 5 heteroatoms. The third-order valence-electron chi connectivity index (χ3n) is 1.89. The second-order valence-electron chi connectivity index (χ2n) is 3.46. The van der Waals surface area contributed by atoms with Crippen LogP contribution in [0.4, 0.5) is 13.2 Å². The van der Waals surface area contributed by atoms with Crippen LogP contribution in [0, 0.1) is 0 Å². The summed E-state index contributed by atoms with van der Waals surface area (Å²) >= 11 is 5.54. The highest BCUT2D eigenvalue weighted by atomic mass is 35.5. The third-order valence-corrected chi connectivity index (χ3v) is 2.20. The molecule has 1 aromatic carbocycles. The van der Waals surface area contributed by atoms with E-state index >= 15 is 0 Å². The topological polar surface area (TPSA) is 26.0 Å². The van der Waals surface area contributed by atoms with E-state index in [-0.39, 0.29) is 11.1 Å². The highest BCUT2D eigenvalue weighted by molar-refractivity contribution is 6.31. The summed E-state index contributed by atoms with van der Waals surface area (Å²) in [5.41, 5.74) is 5.24. The van der Waals surface area contributed by atoms with E-state index in [9.17, 15) is 13.2 Å². The number of alkyl halides is 3. The van der Waals surface area contributed by atoms with Crippen LogP contribution in [0.2, 0.25) is 5.02 Å². The molecule has 0 aliphatic heterocycles. The number of nitrogens with two attached hydrogens (primary N) is 1. The Morgan fingerprint density at radius 3 is 2.44 bits per heavy atom. The molecule has 0 heterocycles. The number of hydrogen-bond donors (Lipinski definition) is 1. The molecule has 0 amide bonds. The van der Waals surface area contributed by atoms with Crippen LogP contribution in [-0.2, 0) is 6.18 Å². The Kier molecular flexibility index (Phi) is 3.99. The van der Waals surface area contributed by atoms with Crippen molar-refractivity contribution < 1.29 is 13.2 Å². The summed E-state index contributed by atoms with van der Waals surface area (Å²) < 4.78 is 37.1. The summed E-state index contributed by atoms with van der Waals surface area (Å²) in [6.45, 7) is 1.77. The van der Waals surface area contributed by atoms with Crippen LogP contribution in [0.15, 0.2) is 24.3 Å². The molecule has 0 fully saturated rings. The van der Waals surface area contributed by atoms with Crippen LogP contribution in [0.3, 0.4) is 0 Å². The number of hydrogen-bond acceptors (Lipinski definition) is 1. The van der Waals surface area contributed by atoms with Crippen molar-refractivity contribution in [1.82, 2.24) is 0 Å². The molecule has 1 rings (SSSR count). The fourth-order valence-corrected chi connectivity index (χ4v) is 1.42. The van der Waals surface area contributed by atoms with E-state index in [0.29, 0.717) is 5.56 Å². The zero-order valence-corrected chi connectivity index (χ0v) is 9.31. The summed E-state index contributed by atoms with van der Waals surface area (Å²) in [5.74, 6) is 0. The van der Waals surface area contributed by atoms with Gasteiger partial charge in [0.25, 0.3) is 0 Å². The summed E-state index contributed by atoms with van der Waals surface area (Å²) in [6.07, 6.45) is -1.10. The van der Waals surface area contributed by atoms with Gasteiger partial charge in [0.05, 0.1) is 10.6 Å². The molecule has 0 aromatic heterocycles. The molecule has 0 radical (unpaired) electrons. The summed E-state index contributed by atoms with van der Waals surface area (Å²) in [4.78, 5) is 0. The lowest BCUT2D eigenvalue weighted by molar-refractivity contribution is -0.137. The molecular formula is C11H11ClF3N. The highest BCUT2D eigenvalue weighted by Crippen LogP contribution is 2.35. The van der Waals surface area contributed by atoms with Gasteiger partial charge in [0.1, 0.15) is 0 Å². The predicted octanol–water partition coefficient (Wildman–Crippen LogP) is 3.72. The van der Waals surface area contributed by atoms with Crippen LogP contribution in [-0.4, -0.2) is 6.04 Å². The molecule has 1 atom stereocenters. The van der Waals surface area contributed by atoms with Gasteiger partial charge in [-0.15, -0.1) is 0 Å². The van der Waals surface area contributed by atoms with Crippen molar-refractivity contribution in [2.24, 2.45) is 5.73 Å². The second kappa shape index (κ2) is 4.89. The second-order valence-corrected chi connectivity index (χ2v) is 3.86. The van der Waals surface area contributed by atoms with Crippen molar-refractivity contribution in [3.63, 3.8) is 0 Å². The van der Waals surface area contributed by atoms with E-state index in [0.717, 1.165) is 6.07 Å². The Hall–Kier alpha value is -1.00. The van der Waals surface area contributed by atoms with Crippen LogP contribution in [0.25, 0.3) is 6.08 Å². The smallest absolute Gasteiger partial charge is 0.325 e. The maximum atomic E-state index is 12.4. The molecule has 1 aromatic rings. The van der Waals surface area contributed by atoms with Gasteiger partial charge in [0.15, 0.2) is 0 Å². The lowest BCUT2D eigenvalue weighted by atomic mass is 10.1. The monoisotopic (exact) mass is 249 g/mol. The molecule has 1 nitrogen and oxygen atoms in total. The lowest BCUT2D eigenvalue weighted by Gasteiger charge is -2.09. The van der Waals surface area contributed by atoms with Gasteiger partial charge in [-0.3, -0.25) is 0 Å². The van der Waals surface area contributed by atoms with Gasteiger partial charge < -0.3 is 5.73 Å². The number of rotatable bonds is 2. The normalized spacial score (nSPS) is 14.4. The van der Waals surface area contributed by atoms with Crippen LogP contribution < -0.4 is 5.73 Å². The Morgan fingerprint density at radius 1 is 1.38 bits per heavy atom. The first-order valence-corrected chi connectivity index (χ1v) is 4.99. The van der Waals surface area contributed by atoms with E-state index in [2.05, 4.69) is 0 Å². The van der Waals surface area contributed by atoms with Crippen molar-refractivity contribution in [3.05, 3.63) is 40.4 Å². The maximum Gasteiger partial charge on any atom is 0.417 e. The molecule has 16 heavy (non-hydrogen) atoms. The highest BCUT2D eigenvalue weighted by Gasteiger charge is 2.32. The minimum atomic E-state index is -4.42. The van der Waals surface area contributed by atoms with Crippen molar-refractivity contribution in [3.8, 4) is 0 Å². The molecular weight excluding hydrogens is 239 g/mol. The van der Waals surface area contributed by atoms with E-state index in [1.165, 1.54) is 12.1 Å². The maximum absolute atomic E-state index is 12.4. The largest absolute Gasteiger partial charge is 0.417 e. The molecule has 0 bridgehead atoms. The standard InChI is InChI=1S/C11H11ClF3N/c1-7(16)2-3-8-4-5-9(10(12)6-8)11(13,14)15/h2-7H,16H2,1H3/b3-2+. The van der Waals surface area contributed by atoms with E-state index in [4.69, 9.17) is 17.3 Å². The van der Waals surface area contributed by atoms with Crippen molar-refractivity contribution >= 4 is 17.7 Å². The molecule has 0 aliphatic carbocycles. The summed E-state index contributed by atoms with van der Waals surface area (Å²) in [5, 5.41) is -0.306. The Bertz CT molecular complexity index is 397. The zero-order chi connectivity index (χ0) is 12.3. The Morgan fingerprint density at radius 2 is 2.00 bits per heavy atom. The first kappa shape index (κ1) is 13.1. The van der Waals surface area contributed by atoms with Gasteiger partial charge in [-0.25, -0.2) is 0 Å². The first-order valence-electron chi connectivity index (χ1n) is 4.61. The fraction of sp³-hybridized carbons (Fsp3) is 0.273. The number of benzene rings is 1. The molecule has 0 saturated carbocycles. The Labute approximate surface area is 96.7 Å². The lowest BCUT2D eigenvalue weighted by Crippen LogP contribution is -2.10. The van der Waals surface area contributed by atoms with Crippen molar-refractivity contribution in [2.75, 3.05) is 0 Å². The Balaban J connectivity index is 3.00. The minimum absolute atomic E-state index is 0.152. The minimum Gasteiger partial charge on any atom is -0.325 e. The molecule has 2 N–H and O–H groups in total. The van der Waals surface area contributed by atoms with Crippen LogP contribution in [0.1, 0.15) is 18.1 Å². The van der Waals surface area contributed by atoms with E-state index in [1.54, 1.807) is 19.1 Å². The molecule has 0 spiro atoms. The average molecular weight is 250 g/mol. The summed E-state index contributed by atoms with van der Waals surface area (Å²) in [7, 11) is 0. The summed E-state index contributed by atoms with van der Waals surface area (Å²) in [6, 6.07) is 3.43. The van der Waals surface area contributed by atoms with Gasteiger partial charge in [-0.05, 0) is 24.6 Å². The van der Waals surface area contributed by atoms with Crippen molar-refractivity contribution in [1.29, 1.82) is 0 Å². The van der Waals surface area contributed by atoms with Gasteiger partial charge in [-0.2, -0.15) is 13.2 Å². The molecule has 0 saturated heterocycles. The number of halogens is 4. The quantitative estimate of drug-likeness (QED) is 0.849. The van der Waals surface area contributed by atoms with Crippen LogP contribution in [0.5, 0.6) is 0 Å². The zero-order valence-electron chi connectivity index (χ0n) is 8.55. The van der Waals surface area contributed by atoms with Gasteiger partial charge in [0, 0.05) is 6.04 Å². The van der Waals surface area contributed by atoms with E-state index < -0.39 is 11.7 Å². The predicted molar refractivity (Wildman–Crippen MR) is 59.1 cm³/mol. The molecule has 0 aliphatic rings. The molecule has 88 valence electrons. The van der Waals surface area contributed by atoms with Gasteiger partial charge >= 0.3 is 6.18 Å². The van der Waals surface area contributed by atoms with Crippen molar-refractivity contribution in [2.45, 2.75) is 19.1 Å². The third kappa shape index (κ3) is 3.54. The molecule has 1 unspecified atom stereocenters. The first-order chi connectivity index (χ1) is 7.30. The van der Waals surface area contributed by atoms with E-state index in [1.807, 2.05) is 0 Å². The van der Waals surface area contributed by atoms with Gasteiger partial charge in [0.2, 0.25) is 0 Å². The fourth-order valence-electron chi connectivity index (χ4n) is 1.13. The SMILES string of the molecule is CC(N)/C=C/c1ccc(C(F)(F)F)c(Cl)c1.